The van der Waals surface area contributed by atoms with Gasteiger partial charge in [-0.2, -0.15) is 0 Å². The van der Waals surface area contributed by atoms with Crippen molar-refractivity contribution in [3.63, 3.8) is 0 Å². The fourth-order valence-corrected chi connectivity index (χ4v) is 2.04. The molecule has 0 atom stereocenters. The van der Waals surface area contributed by atoms with Crippen molar-refractivity contribution in [2.45, 2.75) is 5.16 Å². The van der Waals surface area contributed by atoms with E-state index < -0.39 is 6.03 Å². The highest BCUT2D eigenvalue weighted by Gasteiger charge is 2.08. The zero-order chi connectivity index (χ0) is 13.0. The van der Waals surface area contributed by atoms with Gasteiger partial charge in [-0.25, -0.2) is 9.78 Å². The topological polar surface area (TPSA) is 86.9 Å². The molecule has 0 spiro atoms. The Kier molecular flexibility index (Phi) is 3.83. The first-order valence-corrected chi connectivity index (χ1v) is 6.26. The van der Waals surface area contributed by atoms with Crippen molar-refractivity contribution in [1.29, 1.82) is 0 Å². The van der Waals surface area contributed by atoms with Crippen LogP contribution in [-0.4, -0.2) is 34.7 Å². The summed E-state index contributed by atoms with van der Waals surface area (Å²) in [4.78, 5) is 29.7. The molecule has 0 fully saturated rings. The van der Waals surface area contributed by atoms with Crippen LogP contribution < -0.4 is 10.6 Å². The summed E-state index contributed by atoms with van der Waals surface area (Å²) < 4.78 is 0. The van der Waals surface area contributed by atoms with Gasteiger partial charge in [-0.3, -0.25) is 10.1 Å². The standard InChI is InChI=1S/C11H12N4O2S/c1-12-10(17)15-9(16)6-18-11-13-7-4-2-3-5-8(7)14-11/h2-5H,6H2,1H3,(H,13,14)(H2,12,15,16,17). The summed E-state index contributed by atoms with van der Waals surface area (Å²) in [5.74, 6) is -0.229. The van der Waals surface area contributed by atoms with Crippen LogP contribution in [0.2, 0.25) is 0 Å². The Bertz CT molecular complexity index is 548. The second kappa shape index (κ2) is 5.54. The highest BCUT2D eigenvalue weighted by atomic mass is 32.2. The average molecular weight is 264 g/mol. The Morgan fingerprint density at radius 1 is 1.39 bits per heavy atom. The number of urea groups is 1. The summed E-state index contributed by atoms with van der Waals surface area (Å²) in [6.07, 6.45) is 0. The van der Waals surface area contributed by atoms with Crippen LogP contribution in [0.4, 0.5) is 4.79 Å². The van der Waals surface area contributed by atoms with Crippen LogP contribution >= 0.6 is 11.8 Å². The third kappa shape index (κ3) is 3.01. The van der Waals surface area contributed by atoms with Crippen LogP contribution in [-0.2, 0) is 4.79 Å². The third-order valence-corrected chi connectivity index (χ3v) is 3.06. The molecule has 6 nitrogen and oxygen atoms in total. The highest BCUT2D eigenvalue weighted by molar-refractivity contribution is 7.99. The number of aromatic amines is 1. The first kappa shape index (κ1) is 12.4. The second-order valence-electron chi connectivity index (χ2n) is 3.48. The van der Waals surface area contributed by atoms with E-state index in [4.69, 9.17) is 0 Å². The molecule has 0 aliphatic carbocycles. The third-order valence-electron chi connectivity index (χ3n) is 2.19. The maximum atomic E-state index is 11.4. The monoisotopic (exact) mass is 264 g/mol. The minimum absolute atomic E-state index is 0.132. The molecule has 1 heterocycles. The minimum atomic E-state index is -0.509. The maximum absolute atomic E-state index is 11.4. The lowest BCUT2D eigenvalue weighted by Gasteiger charge is -2.01. The number of aromatic nitrogens is 2. The van der Waals surface area contributed by atoms with Gasteiger partial charge in [0.2, 0.25) is 5.91 Å². The van der Waals surface area contributed by atoms with Crippen LogP contribution in [0.25, 0.3) is 11.0 Å². The van der Waals surface area contributed by atoms with Crippen molar-refractivity contribution >= 4 is 34.7 Å². The number of para-hydroxylation sites is 2. The van der Waals surface area contributed by atoms with Gasteiger partial charge < -0.3 is 10.3 Å². The fraction of sp³-hybridized carbons (Fsp3) is 0.182. The van der Waals surface area contributed by atoms with Crippen molar-refractivity contribution < 1.29 is 9.59 Å². The molecular weight excluding hydrogens is 252 g/mol. The number of hydrogen-bond acceptors (Lipinski definition) is 4. The molecule has 0 bridgehead atoms. The molecule has 94 valence electrons. The van der Waals surface area contributed by atoms with Crippen LogP contribution in [0.15, 0.2) is 29.4 Å². The Balaban J connectivity index is 1.94. The molecule has 2 rings (SSSR count). The van der Waals surface area contributed by atoms with Gasteiger partial charge in [0.05, 0.1) is 16.8 Å². The molecule has 0 unspecified atom stereocenters. The van der Waals surface area contributed by atoms with Crippen LogP contribution in [0.1, 0.15) is 0 Å². The predicted octanol–water partition coefficient (Wildman–Crippen LogP) is 1.11. The summed E-state index contributed by atoms with van der Waals surface area (Å²) in [6, 6.07) is 7.10. The summed E-state index contributed by atoms with van der Waals surface area (Å²) in [7, 11) is 1.45. The molecular formula is C11H12N4O2S. The lowest BCUT2D eigenvalue weighted by molar-refractivity contribution is -0.117. The van der Waals surface area contributed by atoms with E-state index in [2.05, 4.69) is 20.6 Å². The number of benzene rings is 1. The number of nitrogens with one attached hydrogen (secondary N) is 3. The van der Waals surface area contributed by atoms with E-state index in [1.54, 1.807) is 0 Å². The molecule has 0 saturated heterocycles. The average Bonchev–Trinajstić information content (AvgIpc) is 2.79. The van der Waals surface area contributed by atoms with Crippen molar-refractivity contribution in [2.24, 2.45) is 0 Å². The Labute approximate surface area is 108 Å². The van der Waals surface area contributed by atoms with Gasteiger partial charge in [0.15, 0.2) is 5.16 Å². The van der Waals surface area contributed by atoms with Crippen LogP contribution in [0.3, 0.4) is 0 Å². The fourth-order valence-electron chi connectivity index (χ4n) is 1.36. The molecule has 18 heavy (non-hydrogen) atoms. The molecule has 1 aromatic heterocycles. The predicted molar refractivity (Wildman–Crippen MR) is 69.4 cm³/mol. The zero-order valence-electron chi connectivity index (χ0n) is 9.69. The lowest BCUT2D eigenvalue weighted by Crippen LogP contribution is -2.38. The molecule has 0 saturated carbocycles. The van der Waals surface area contributed by atoms with Gasteiger partial charge >= 0.3 is 6.03 Å². The normalized spacial score (nSPS) is 10.3. The Morgan fingerprint density at radius 3 is 2.89 bits per heavy atom. The number of amides is 3. The number of hydrogen-bond donors (Lipinski definition) is 3. The summed E-state index contributed by atoms with van der Waals surface area (Å²) >= 11 is 1.25. The first-order chi connectivity index (χ1) is 8.69. The van der Waals surface area contributed by atoms with Crippen molar-refractivity contribution in [2.75, 3.05) is 12.8 Å². The molecule has 3 N–H and O–H groups in total. The Hall–Kier alpha value is -2.02. The summed E-state index contributed by atoms with van der Waals surface area (Å²) in [6.45, 7) is 0. The lowest BCUT2D eigenvalue weighted by atomic mass is 10.3. The highest BCUT2D eigenvalue weighted by Crippen LogP contribution is 2.18. The minimum Gasteiger partial charge on any atom is -0.341 e. The number of nitrogens with zero attached hydrogens (tertiary/aromatic N) is 1. The molecule has 0 radical (unpaired) electrons. The number of rotatable bonds is 3. The van der Waals surface area contributed by atoms with E-state index in [0.29, 0.717) is 5.16 Å². The van der Waals surface area contributed by atoms with Crippen LogP contribution in [0, 0.1) is 0 Å². The molecule has 0 aliphatic heterocycles. The number of thioether (sulfide) groups is 1. The van der Waals surface area contributed by atoms with E-state index in [1.165, 1.54) is 18.8 Å². The van der Waals surface area contributed by atoms with Gasteiger partial charge in [-0.15, -0.1) is 0 Å². The molecule has 3 amide bonds. The van der Waals surface area contributed by atoms with Crippen LogP contribution in [0.5, 0.6) is 0 Å². The number of imidazole rings is 1. The van der Waals surface area contributed by atoms with Gasteiger partial charge in [0, 0.05) is 7.05 Å². The maximum Gasteiger partial charge on any atom is 0.321 e. The van der Waals surface area contributed by atoms with Gasteiger partial charge in [0.1, 0.15) is 0 Å². The molecule has 1 aromatic carbocycles. The van der Waals surface area contributed by atoms with E-state index in [1.807, 2.05) is 24.3 Å². The smallest absolute Gasteiger partial charge is 0.321 e. The van der Waals surface area contributed by atoms with Gasteiger partial charge in [-0.05, 0) is 12.1 Å². The van der Waals surface area contributed by atoms with Crippen molar-refractivity contribution in [1.82, 2.24) is 20.6 Å². The number of H-pyrrole nitrogens is 1. The first-order valence-electron chi connectivity index (χ1n) is 5.28. The number of fused-ring (bicyclic) bond motifs is 1. The van der Waals surface area contributed by atoms with Crippen molar-refractivity contribution in [3.05, 3.63) is 24.3 Å². The van der Waals surface area contributed by atoms with E-state index in [9.17, 15) is 9.59 Å². The zero-order valence-corrected chi connectivity index (χ0v) is 10.5. The summed E-state index contributed by atoms with van der Waals surface area (Å²) in [5, 5.41) is 5.15. The van der Waals surface area contributed by atoms with E-state index in [-0.39, 0.29) is 11.7 Å². The Morgan fingerprint density at radius 2 is 2.17 bits per heavy atom. The van der Waals surface area contributed by atoms with Gasteiger partial charge in [-0.1, -0.05) is 23.9 Å². The van der Waals surface area contributed by atoms with Gasteiger partial charge in [0.25, 0.3) is 0 Å². The second-order valence-corrected chi connectivity index (χ2v) is 4.44. The number of carbonyl (C=O) groups excluding carboxylic acids is 2. The molecule has 0 aliphatic rings. The van der Waals surface area contributed by atoms with E-state index in [0.717, 1.165) is 11.0 Å². The van der Waals surface area contributed by atoms with Crippen molar-refractivity contribution in [3.8, 4) is 0 Å². The SMILES string of the molecule is CNC(=O)NC(=O)CSc1nc2ccccc2[nH]1. The largest absolute Gasteiger partial charge is 0.341 e. The summed E-state index contributed by atoms with van der Waals surface area (Å²) in [5.41, 5.74) is 1.78. The number of carbonyl (C=O) groups is 2. The quantitative estimate of drug-likeness (QED) is 0.725. The number of imide groups is 1. The molecule has 2 aromatic rings. The van der Waals surface area contributed by atoms with E-state index >= 15 is 0 Å². The molecule has 7 heteroatoms.